The van der Waals surface area contributed by atoms with Crippen molar-refractivity contribution in [3.63, 3.8) is 0 Å². The van der Waals surface area contributed by atoms with Crippen molar-refractivity contribution in [2.24, 2.45) is 7.05 Å². The van der Waals surface area contributed by atoms with Gasteiger partial charge in [0.25, 0.3) is 5.91 Å². The van der Waals surface area contributed by atoms with E-state index >= 15 is 0 Å². The van der Waals surface area contributed by atoms with E-state index in [2.05, 4.69) is 16.9 Å². The maximum Gasteiger partial charge on any atom is 0.253 e. The number of likely N-dealkylation sites (tertiary alicyclic amines) is 1. The van der Waals surface area contributed by atoms with Gasteiger partial charge < -0.3 is 14.1 Å². The Morgan fingerprint density at radius 2 is 2.16 bits per heavy atom. The summed E-state index contributed by atoms with van der Waals surface area (Å²) in [5.41, 5.74) is 1.76. The second-order valence-electron chi connectivity index (χ2n) is 7.07. The summed E-state index contributed by atoms with van der Waals surface area (Å²) in [5.74, 6) is 0.00644. The number of piperidine rings is 1. The van der Waals surface area contributed by atoms with Crippen molar-refractivity contribution in [2.45, 2.75) is 38.0 Å². The van der Waals surface area contributed by atoms with Crippen molar-refractivity contribution < 1.29 is 13.9 Å². The molecule has 134 valence electrons. The van der Waals surface area contributed by atoms with E-state index in [0.717, 1.165) is 38.2 Å². The topological polar surface area (TPSA) is 63.7 Å². The van der Waals surface area contributed by atoms with Crippen LogP contribution in [0, 0.1) is 0 Å². The summed E-state index contributed by atoms with van der Waals surface area (Å²) in [6, 6.07) is 2.00. The number of anilines is 1. The number of aromatic nitrogens is 2. The molecule has 0 N–H and O–H groups in total. The average Bonchev–Trinajstić information content (AvgIpc) is 3.26. The van der Waals surface area contributed by atoms with Crippen LogP contribution in [-0.4, -0.2) is 51.9 Å². The third-order valence-corrected chi connectivity index (χ3v) is 5.56. The fraction of sp³-hybridized carbons (Fsp3) is 0.556. The van der Waals surface area contributed by atoms with Crippen molar-refractivity contribution in [1.82, 2.24) is 14.7 Å². The van der Waals surface area contributed by atoms with Gasteiger partial charge in [-0.15, -0.1) is 0 Å². The van der Waals surface area contributed by atoms with Gasteiger partial charge in [-0.3, -0.25) is 14.4 Å². The SMILES string of the molecule is CC1N(c2cnn(C)c2)C(=O)COC12CCN(Cc1ccoc1)CC2. The molecule has 0 saturated carbocycles. The Bertz CT molecular complexity index is 731. The maximum atomic E-state index is 12.5. The lowest BCUT2D eigenvalue weighted by atomic mass is 9.82. The zero-order valence-corrected chi connectivity index (χ0v) is 14.7. The van der Waals surface area contributed by atoms with Gasteiger partial charge in [0.05, 0.1) is 36.1 Å². The number of hydrogen-bond donors (Lipinski definition) is 0. The molecule has 2 saturated heterocycles. The Morgan fingerprint density at radius 3 is 2.80 bits per heavy atom. The van der Waals surface area contributed by atoms with E-state index in [1.807, 2.05) is 24.2 Å². The Hall–Kier alpha value is -2.12. The molecular weight excluding hydrogens is 320 g/mol. The highest BCUT2D eigenvalue weighted by Crippen LogP contribution is 2.37. The van der Waals surface area contributed by atoms with E-state index in [4.69, 9.17) is 9.15 Å². The smallest absolute Gasteiger partial charge is 0.253 e. The lowest BCUT2D eigenvalue weighted by Gasteiger charge is -2.51. The highest BCUT2D eigenvalue weighted by atomic mass is 16.5. The van der Waals surface area contributed by atoms with Gasteiger partial charge in [-0.25, -0.2) is 0 Å². The van der Waals surface area contributed by atoms with Crippen LogP contribution in [0.15, 0.2) is 35.4 Å². The Morgan fingerprint density at radius 1 is 1.36 bits per heavy atom. The first-order chi connectivity index (χ1) is 12.1. The molecule has 0 aliphatic carbocycles. The Kier molecular flexibility index (Phi) is 4.13. The van der Waals surface area contributed by atoms with Gasteiger partial charge >= 0.3 is 0 Å². The number of ether oxygens (including phenoxy) is 1. The molecule has 25 heavy (non-hydrogen) atoms. The summed E-state index contributed by atoms with van der Waals surface area (Å²) >= 11 is 0. The van der Waals surface area contributed by atoms with Crippen LogP contribution in [0.3, 0.4) is 0 Å². The molecule has 7 heteroatoms. The summed E-state index contributed by atoms with van der Waals surface area (Å²) in [6.07, 6.45) is 8.98. The third kappa shape index (κ3) is 2.98. The van der Waals surface area contributed by atoms with Crippen LogP contribution in [-0.2, 0) is 23.1 Å². The average molecular weight is 344 g/mol. The predicted molar refractivity (Wildman–Crippen MR) is 92.1 cm³/mol. The Balaban J connectivity index is 1.47. The molecule has 2 fully saturated rings. The maximum absolute atomic E-state index is 12.5. The summed E-state index contributed by atoms with van der Waals surface area (Å²) in [6.45, 7) is 5.03. The van der Waals surface area contributed by atoms with E-state index < -0.39 is 0 Å². The first-order valence-electron chi connectivity index (χ1n) is 8.75. The minimum atomic E-state index is -0.281. The number of carbonyl (C=O) groups excluding carboxylic acids is 1. The molecule has 1 atom stereocenters. The largest absolute Gasteiger partial charge is 0.472 e. The number of rotatable bonds is 3. The minimum Gasteiger partial charge on any atom is -0.472 e. The molecular formula is C18H24N4O3. The van der Waals surface area contributed by atoms with Crippen molar-refractivity contribution in [2.75, 3.05) is 24.6 Å². The van der Waals surface area contributed by atoms with Crippen LogP contribution in [0.2, 0.25) is 0 Å². The molecule has 0 aromatic carbocycles. The quantitative estimate of drug-likeness (QED) is 0.850. The zero-order valence-electron chi connectivity index (χ0n) is 14.7. The van der Waals surface area contributed by atoms with Gasteiger partial charge in [-0.05, 0) is 25.8 Å². The summed E-state index contributed by atoms with van der Waals surface area (Å²) in [7, 11) is 1.86. The second-order valence-corrected chi connectivity index (χ2v) is 7.07. The van der Waals surface area contributed by atoms with Crippen LogP contribution in [0.25, 0.3) is 0 Å². The first kappa shape index (κ1) is 16.4. The molecule has 2 aliphatic rings. The summed E-state index contributed by atoms with van der Waals surface area (Å²) in [5, 5.41) is 4.21. The van der Waals surface area contributed by atoms with Crippen molar-refractivity contribution in [3.05, 3.63) is 36.5 Å². The number of morpholine rings is 1. The molecule has 1 amide bonds. The van der Waals surface area contributed by atoms with E-state index in [0.29, 0.717) is 0 Å². The van der Waals surface area contributed by atoms with Crippen molar-refractivity contribution in [1.29, 1.82) is 0 Å². The standard InChI is InChI=1S/C18H24N4O3/c1-14-18(4-6-21(7-5-18)10-15-3-8-24-12-15)25-13-17(23)22(14)16-9-19-20(2)11-16/h3,8-9,11-12,14H,4-7,10,13H2,1-2H3. The first-order valence-corrected chi connectivity index (χ1v) is 8.75. The zero-order chi connectivity index (χ0) is 17.4. The van der Waals surface area contributed by atoms with E-state index in [-0.39, 0.29) is 24.2 Å². The van der Waals surface area contributed by atoms with Crippen molar-refractivity contribution >= 4 is 11.6 Å². The lowest BCUT2D eigenvalue weighted by molar-refractivity contribution is -0.152. The van der Waals surface area contributed by atoms with Crippen LogP contribution in [0.5, 0.6) is 0 Å². The number of hydrogen-bond acceptors (Lipinski definition) is 5. The second kappa shape index (κ2) is 6.31. The molecule has 2 aliphatic heterocycles. The molecule has 0 bridgehead atoms. The summed E-state index contributed by atoms with van der Waals surface area (Å²) in [4.78, 5) is 16.7. The number of nitrogens with zero attached hydrogens (tertiary/aromatic N) is 4. The Labute approximate surface area is 147 Å². The minimum absolute atomic E-state index is 0.00553. The van der Waals surface area contributed by atoms with Crippen molar-refractivity contribution in [3.8, 4) is 0 Å². The number of furan rings is 1. The highest BCUT2D eigenvalue weighted by Gasteiger charge is 2.48. The van der Waals surface area contributed by atoms with E-state index in [9.17, 15) is 4.79 Å². The van der Waals surface area contributed by atoms with Gasteiger partial charge in [0.2, 0.25) is 0 Å². The number of aryl methyl sites for hydroxylation is 1. The molecule has 1 unspecified atom stereocenters. The van der Waals surface area contributed by atoms with Gasteiger partial charge in [0.1, 0.15) is 6.61 Å². The van der Waals surface area contributed by atoms with Gasteiger partial charge in [0.15, 0.2) is 0 Å². The highest BCUT2D eigenvalue weighted by molar-refractivity contribution is 5.95. The number of amides is 1. The van der Waals surface area contributed by atoms with Gasteiger partial charge in [0, 0.05) is 38.4 Å². The van der Waals surface area contributed by atoms with Crippen LogP contribution in [0.4, 0.5) is 5.69 Å². The van der Waals surface area contributed by atoms with Crippen LogP contribution in [0.1, 0.15) is 25.3 Å². The molecule has 7 nitrogen and oxygen atoms in total. The van der Waals surface area contributed by atoms with E-state index in [1.54, 1.807) is 23.4 Å². The van der Waals surface area contributed by atoms with Crippen LogP contribution >= 0.6 is 0 Å². The monoisotopic (exact) mass is 344 g/mol. The molecule has 4 rings (SSSR count). The molecule has 2 aromatic heterocycles. The molecule has 0 radical (unpaired) electrons. The molecule has 4 heterocycles. The molecule has 1 spiro atoms. The fourth-order valence-electron chi connectivity index (χ4n) is 4.04. The summed E-state index contributed by atoms with van der Waals surface area (Å²) < 4.78 is 13.0. The molecule has 2 aromatic rings. The van der Waals surface area contributed by atoms with E-state index in [1.165, 1.54) is 5.56 Å². The predicted octanol–water partition coefficient (Wildman–Crippen LogP) is 1.80. The van der Waals surface area contributed by atoms with Gasteiger partial charge in [-0.2, -0.15) is 5.10 Å². The normalized spacial score (nSPS) is 24.2. The third-order valence-electron chi connectivity index (χ3n) is 5.56. The lowest BCUT2D eigenvalue weighted by Crippen LogP contribution is -2.64. The number of carbonyl (C=O) groups is 1. The fourth-order valence-corrected chi connectivity index (χ4v) is 4.04. The van der Waals surface area contributed by atoms with Crippen LogP contribution < -0.4 is 4.90 Å². The van der Waals surface area contributed by atoms with Gasteiger partial charge in [-0.1, -0.05) is 0 Å².